The lowest BCUT2D eigenvalue weighted by Crippen LogP contribution is -2.50. The molecule has 0 aliphatic carbocycles. The molecule has 188 valence electrons. The molecule has 3 aliphatic heterocycles. The summed E-state index contributed by atoms with van der Waals surface area (Å²) in [7, 11) is -3.08. The summed E-state index contributed by atoms with van der Waals surface area (Å²) < 4.78 is 39.1. The maximum atomic E-state index is 13.3. The average Bonchev–Trinajstić information content (AvgIpc) is 3.42. The van der Waals surface area contributed by atoms with Crippen LogP contribution in [0.1, 0.15) is 29.5 Å². The number of anilines is 1. The number of benzene rings is 3. The Bertz CT molecular complexity index is 1340. The van der Waals surface area contributed by atoms with Crippen molar-refractivity contribution in [3.8, 4) is 0 Å². The van der Waals surface area contributed by atoms with Gasteiger partial charge in [0, 0.05) is 37.4 Å². The number of quaternary nitrogens is 1. The van der Waals surface area contributed by atoms with E-state index in [4.69, 9.17) is 0 Å². The van der Waals surface area contributed by atoms with Crippen molar-refractivity contribution in [1.29, 1.82) is 0 Å². The van der Waals surface area contributed by atoms with E-state index in [1.165, 1.54) is 28.8 Å². The van der Waals surface area contributed by atoms with Gasteiger partial charge in [-0.2, -0.15) is 12.3 Å². The quantitative estimate of drug-likeness (QED) is 0.368. The van der Waals surface area contributed by atoms with E-state index in [1.807, 2.05) is 24.3 Å². The van der Waals surface area contributed by atoms with Gasteiger partial charge >= 0.3 is 10.0 Å². The van der Waals surface area contributed by atoms with Gasteiger partial charge in [0.1, 0.15) is 18.9 Å². The summed E-state index contributed by atoms with van der Waals surface area (Å²) in [4.78, 5) is 4.82. The molecule has 3 aliphatic rings. The summed E-state index contributed by atoms with van der Waals surface area (Å²) in [5.74, 6) is 0.0507. The van der Waals surface area contributed by atoms with Gasteiger partial charge in [0.15, 0.2) is 0 Å². The largest absolute Gasteiger partial charge is 0.369 e. The molecule has 0 radical (unpaired) electrons. The molecule has 7 heteroatoms. The Labute approximate surface area is 213 Å². The van der Waals surface area contributed by atoms with Crippen LogP contribution < -0.4 is 4.90 Å². The first-order valence-electron chi connectivity index (χ1n) is 12.9. The van der Waals surface area contributed by atoms with Crippen LogP contribution in [0.5, 0.6) is 0 Å². The van der Waals surface area contributed by atoms with Crippen LogP contribution in [0.3, 0.4) is 0 Å². The van der Waals surface area contributed by atoms with Gasteiger partial charge < -0.3 is 4.90 Å². The fourth-order valence-corrected chi connectivity index (χ4v) is 8.22. The monoisotopic (exact) mass is 506 g/mol. The molecule has 2 unspecified atom stereocenters. The van der Waals surface area contributed by atoms with Gasteiger partial charge in [-0.25, -0.2) is 4.39 Å². The zero-order valence-electron chi connectivity index (χ0n) is 20.5. The molecule has 0 bridgehead atoms. The van der Waals surface area contributed by atoms with Gasteiger partial charge in [-0.1, -0.05) is 54.6 Å². The molecular weight excluding hydrogens is 473 g/mol. The van der Waals surface area contributed by atoms with Crippen LogP contribution in [0.2, 0.25) is 0 Å². The molecule has 6 rings (SSSR count). The van der Waals surface area contributed by atoms with Crippen molar-refractivity contribution in [3.63, 3.8) is 0 Å². The lowest BCUT2D eigenvalue weighted by Gasteiger charge is -2.42. The van der Waals surface area contributed by atoms with Gasteiger partial charge in [0.25, 0.3) is 0 Å². The highest BCUT2D eigenvalue weighted by atomic mass is 32.2. The number of piperazine rings is 1. The van der Waals surface area contributed by atoms with Crippen LogP contribution in [0.4, 0.5) is 10.1 Å². The number of halogens is 1. The zero-order chi connectivity index (χ0) is 24.8. The molecular formula is C29H33FN3O2S+. The summed E-state index contributed by atoms with van der Waals surface area (Å²) in [6.45, 7) is 5.99. The van der Waals surface area contributed by atoms with Crippen molar-refractivity contribution in [1.82, 2.24) is 4.90 Å². The fourth-order valence-electron chi connectivity index (χ4n) is 6.48. The second-order valence-corrected chi connectivity index (χ2v) is 12.8. The highest BCUT2D eigenvalue weighted by molar-refractivity contribution is 7.90. The normalized spacial score (nSPS) is 27.1. The maximum Gasteiger partial charge on any atom is 0.350 e. The minimum absolute atomic E-state index is 0.190. The van der Waals surface area contributed by atoms with Crippen LogP contribution >= 0.6 is 0 Å². The van der Waals surface area contributed by atoms with Gasteiger partial charge in [0.05, 0.1) is 5.41 Å². The Morgan fingerprint density at radius 1 is 0.861 bits per heavy atom. The first-order chi connectivity index (χ1) is 17.4. The van der Waals surface area contributed by atoms with E-state index in [2.05, 4.69) is 52.3 Å². The van der Waals surface area contributed by atoms with E-state index in [0.717, 1.165) is 51.3 Å². The third kappa shape index (κ3) is 4.13. The van der Waals surface area contributed by atoms with Crippen LogP contribution in [0.25, 0.3) is 0 Å². The van der Waals surface area contributed by atoms with Gasteiger partial charge in [-0.3, -0.25) is 4.90 Å². The molecule has 2 atom stereocenters. The molecule has 2 fully saturated rings. The van der Waals surface area contributed by atoms with E-state index < -0.39 is 10.0 Å². The van der Waals surface area contributed by atoms with Crippen LogP contribution in [0.15, 0.2) is 78.9 Å². The van der Waals surface area contributed by atoms with Crippen LogP contribution in [-0.4, -0.2) is 62.4 Å². The molecule has 1 spiro atoms. The highest BCUT2D eigenvalue weighted by Crippen LogP contribution is 2.51. The standard InChI is InChI=1S/C29H33FN3O2S/c30-26-11-13-27(14-12-26)32-19-17-31(18-20-32)16-6-15-29(25-8-2-1-3-9-25)22-33(23-36(33,34)35)21-24-7-4-5-10-28(24)29/h1-5,7-14H,6,15-23H2/q+1. The van der Waals surface area contributed by atoms with Crippen molar-refractivity contribution in [3.05, 3.63) is 101 Å². The number of rotatable bonds is 6. The maximum absolute atomic E-state index is 13.3. The Morgan fingerprint density at radius 2 is 1.53 bits per heavy atom. The zero-order valence-corrected chi connectivity index (χ0v) is 21.3. The smallest absolute Gasteiger partial charge is 0.350 e. The van der Waals surface area contributed by atoms with Gasteiger partial charge in [-0.05, 0) is 54.8 Å². The topological polar surface area (TPSA) is 40.6 Å². The SMILES string of the molecule is O=S1(=O)C[N+]12Cc1ccccc1C(CCCN1CCN(c3ccc(F)cc3)CC1)(c1ccccc1)C2. The Morgan fingerprint density at radius 3 is 2.22 bits per heavy atom. The fraction of sp³-hybridized carbons (Fsp3) is 0.379. The molecule has 0 aromatic heterocycles. The Hall–Kier alpha value is -2.74. The van der Waals surface area contributed by atoms with Crippen molar-refractivity contribution in [2.75, 3.05) is 50.0 Å². The number of hydrogen-bond donors (Lipinski definition) is 0. The number of hydrogen-bond acceptors (Lipinski definition) is 4. The van der Waals surface area contributed by atoms with Gasteiger partial charge in [0.2, 0.25) is 5.88 Å². The first-order valence-corrected chi connectivity index (χ1v) is 14.5. The molecule has 3 aromatic carbocycles. The summed E-state index contributed by atoms with van der Waals surface area (Å²) in [5.41, 5.74) is 4.45. The Balaban J connectivity index is 1.20. The lowest BCUT2D eigenvalue weighted by atomic mass is 9.67. The molecule has 5 nitrogen and oxygen atoms in total. The van der Waals surface area contributed by atoms with E-state index in [1.54, 1.807) is 0 Å². The molecule has 3 aromatic rings. The van der Waals surface area contributed by atoms with Crippen molar-refractivity contribution in [2.45, 2.75) is 24.8 Å². The van der Waals surface area contributed by atoms with Crippen molar-refractivity contribution in [2.24, 2.45) is 0 Å². The van der Waals surface area contributed by atoms with E-state index in [9.17, 15) is 12.8 Å². The number of sulfonamides is 1. The van der Waals surface area contributed by atoms with E-state index in [-0.39, 0.29) is 21.0 Å². The first kappa shape index (κ1) is 23.6. The average molecular weight is 507 g/mol. The molecule has 3 heterocycles. The molecule has 0 saturated carbocycles. The molecule has 0 N–H and O–H groups in total. The third-order valence-electron chi connectivity index (χ3n) is 8.43. The molecule has 36 heavy (non-hydrogen) atoms. The number of nitrogens with zero attached hydrogens (tertiary/aromatic N) is 3. The van der Waals surface area contributed by atoms with Crippen molar-refractivity contribution < 1.29 is 16.7 Å². The minimum atomic E-state index is -3.08. The lowest BCUT2D eigenvalue weighted by molar-refractivity contribution is -0.756. The second kappa shape index (κ2) is 8.98. The van der Waals surface area contributed by atoms with Gasteiger partial charge in [-0.15, -0.1) is 0 Å². The predicted molar refractivity (Wildman–Crippen MR) is 141 cm³/mol. The van der Waals surface area contributed by atoms with E-state index >= 15 is 0 Å². The number of fused-ring (bicyclic) bond motifs is 1. The van der Waals surface area contributed by atoms with Crippen molar-refractivity contribution >= 4 is 15.7 Å². The summed E-state index contributed by atoms with van der Waals surface area (Å²) in [6, 6.07) is 25.8. The summed E-state index contributed by atoms with van der Waals surface area (Å²) in [6.07, 6.45) is 1.92. The minimum Gasteiger partial charge on any atom is -0.369 e. The summed E-state index contributed by atoms with van der Waals surface area (Å²) >= 11 is 0. The van der Waals surface area contributed by atoms with Crippen LogP contribution in [0, 0.1) is 5.82 Å². The predicted octanol–water partition coefficient (Wildman–Crippen LogP) is 4.35. The molecule has 0 amide bonds. The van der Waals surface area contributed by atoms with Crippen LogP contribution in [-0.2, 0) is 22.0 Å². The van der Waals surface area contributed by atoms with E-state index in [0.29, 0.717) is 13.1 Å². The summed E-state index contributed by atoms with van der Waals surface area (Å²) in [5, 5.41) is 0. The third-order valence-corrected chi connectivity index (χ3v) is 10.5. The molecule has 2 saturated heterocycles. The second-order valence-electron chi connectivity index (χ2n) is 10.6. The highest BCUT2D eigenvalue weighted by Gasteiger charge is 2.67. The Kier molecular flexibility index (Phi) is 5.90.